The zero-order valence-electron chi connectivity index (χ0n) is 21.0. The van der Waals surface area contributed by atoms with Crippen LogP contribution in [-0.2, 0) is 22.6 Å². The van der Waals surface area contributed by atoms with Crippen LogP contribution in [0.15, 0.2) is 53.0 Å². The summed E-state index contributed by atoms with van der Waals surface area (Å²) in [7, 11) is 1.41. The van der Waals surface area contributed by atoms with Crippen molar-refractivity contribution >= 4 is 21.9 Å². The number of methoxy groups -OCH3 is 1. The number of esters is 1. The lowest BCUT2D eigenvalue weighted by molar-refractivity contribution is -0.139. The van der Waals surface area contributed by atoms with Gasteiger partial charge in [0.05, 0.1) is 13.5 Å². The first-order valence-electron chi connectivity index (χ1n) is 11.4. The fourth-order valence-corrected chi connectivity index (χ4v) is 4.33. The molecule has 0 fully saturated rings. The van der Waals surface area contributed by atoms with E-state index in [1.807, 2.05) is 71.9 Å². The van der Waals surface area contributed by atoms with Crippen LogP contribution in [0.3, 0.4) is 0 Å². The van der Waals surface area contributed by atoms with E-state index in [1.165, 1.54) is 7.11 Å². The highest BCUT2D eigenvalue weighted by Crippen LogP contribution is 2.41. The molecule has 0 aliphatic rings. The highest BCUT2D eigenvalue weighted by Gasteiger charge is 2.23. The Hall–Kier alpha value is -2.79. The third-order valence-electron chi connectivity index (χ3n) is 5.58. The maximum Gasteiger partial charge on any atom is 0.310 e. The van der Waals surface area contributed by atoms with Crippen molar-refractivity contribution in [1.82, 2.24) is 0 Å². The monoisotopic (exact) mass is 524 g/mol. The largest absolute Gasteiger partial charge is 0.489 e. The van der Waals surface area contributed by atoms with E-state index < -0.39 is 0 Å². The summed E-state index contributed by atoms with van der Waals surface area (Å²) in [6, 6.07) is 16.2. The number of ether oxygens (including phenoxy) is 3. The van der Waals surface area contributed by atoms with Gasteiger partial charge in [-0.3, -0.25) is 4.79 Å². The molecule has 3 rings (SSSR count). The van der Waals surface area contributed by atoms with Crippen molar-refractivity contribution in [2.24, 2.45) is 0 Å². The maximum absolute atomic E-state index is 12.4. The van der Waals surface area contributed by atoms with Gasteiger partial charge < -0.3 is 14.2 Å². The molecule has 0 N–H and O–H groups in total. The molecule has 34 heavy (non-hydrogen) atoms. The fraction of sp³-hybridized carbons (Fsp3) is 0.345. The minimum atomic E-state index is -0.361. The number of carbonyl (C=O) groups is 1. The standard InChI is InChI=1S/C29H33BrO4/c1-18-12-13-22(26(14-18)34-29(4,5)6)28-19(2)15-25(20(3)23(28)16-27(31)32-7)33-17-21-10-8-9-11-24(21)30/h8-15H,16-17H2,1-7H3. The molecule has 0 atom stereocenters. The lowest BCUT2D eigenvalue weighted by Gasteiger charge is -2.26. The van der Waals surface area contributed by atoms with Crippen LogP contribution in [0, 0.1) is 20.8 Å². The van der Waals surface area contributed by atoms with Crippen LogP contribution in [0.2, 0.25) is 0 Å². The van der Waals surface area contributed by atoms with E-state index in [1.54, 1.807) is 0 Å². The van der Waals surface area contributed by atoms with Gasteiger partial charge >= 0.3 is 5.97 Å². The summed E-state index contributed by atoms with van der Waals surface area (Å²) in [6.07, 6.45) is 0.146. The first-order chi connectivity index (χ1) is 16.0. The maximum atomic E-state index is 12.4. The predicted molar refractivity (Wildman–Crippen MR) is 141 cm³/mol. The summed E-state index contributed by atoms with van der Waals surface area (Å²) < 4.78 is 18.6. The van der Waals surface area contributed by atoms with E-state index in [0.29, 0.717) is 6.61 Å². The van der Waals surface area contributed by atoms with Gasteiger partial charge in [0, 0.05) is 15.6 Å². The molecule has 0 saturated heterocycles. The van der Waals surface area contributed by atoms with Crippen molar-refractivity contribution in [3.05, 3.63) is 80.8 Å². The zero-order chi connectivity index (χ0) is 25.0. The van der Waals surface area contributed by atoms with E-state index in [4.69, 9.17) is 14.2 Å². The molecule has 180 valence electrons. The molecule has 0 aliphatic heterocycles. The third kappa shape index (κ3) is 6.20. The van der Waals surface area contributed by atoms with Crippen LogP contribution < -0.4 is 9.47 Å². The first-order valence-corrected chi connectivity index (χ1v) is 12.2. The second kappa shape index (κ2) is 10.6. The number of halogens is 1. The van der Waals surface area contributed by atoms with Gasteiger partial charge in [-0.2, -0.15) is 0 Å². The Morgan fingerprint density at radius 3 is 2.32 bits per heavy atom. The quantitative estimate of drug-likeness (QED) is 0.300. The average molecular weight is 525 g/mol. The third-order valence-corrected chi connectivity index (χ3v) is 6.35. The van der Waals surface area contributed by atoms with Crippen LogP contribution in [0.5, 0.6) is 11.5 Å². The molecule has 0 aliphatic carbocycles. The van der Waals surface area contributed by atoms with Crippen molar-refractivity contribution in [1.29, 1.82) is 0 Å². The van der Waals surface area contributed by atoms with Crippen molar-refractivity contribution < 1.29 is 19.0 Å². The van der Waals surface area contributed by atoms with Crippen LogP contribution in [0.1, 0.15) is 48.6 Å². The molecule has 3 aromatic carbocycles. The highest BCUT2D eigenvalue weighted by atomic mass is 79.9. The molecular weight excluding hydrogens is 492 g/mol. The van der Waals surface area contributed by atoms with Gasteiger partial charge in [0.25, 0.3) is 0 Å². The van der Waals surface area contributed by atoms with Gasteiger partial charge in [-0.25, -0.2) is 0 Å². The minimum absolute atomic E-state index is 0.146. The van der Waals surface area contributed by atoms with Gasteiger partial charge in [-0.05, 0) is 87.6 Å². The minimum Gasteiger partial charge on any atom is -0.489 e. The van der Waals surface area contributed by atoms with E-state index >= 15 is 0 Å². The van der Waals surface area contributed by atoms with E-state index in [0.717, 1.165) is 54.9 Å². The molecule has 0 unspecified atom stereocenters. The van der Waals surface area contributed by atoms with Gasteiger partial charge in [0.2, 0.25) is 0 Å². The SMILES string of the molecule is COC(=O)Cc1c(C)c(OCc2ccccc2Br)cc(C)c1-c1ccc(C)cc1OC(C)(C)C. The van der Waals surface area contributed by atoms with Gasteiger partial charge in [-0.15, -0.1) is 0 Å². The number of aryl methyl sites for hydroxylation is 2. The normalized spacial score (nSPS) is 11.3. The van der Waals surface area contributed by atoms with Crippen molar-refractivity contribution in [3.63, 3.8) is 0 Å². The van der Waals surface area contributed by atoms with Crippen molar-refractivity contribution in [2.75, 3.05) is 7.11 Å². The van der Waals surface area contributed by atoms with Crippen LogP contribution in [0.4, 0.5) is 0 Å². The second-order valence-corrected chi connectivity index (χ2v) is 10.4. The molecule has 0 spiro atoms. The Balaban J connectivity index is 2.14. The predicted octanol–water partition coefficient (Wildman–Crippen LogP) is 7.51. The summed E-state index contributed by atoms with van der Waals surface area (Å²) >= 11 is 3.58. The average Bonchev–Trinajstić information content (AvgIpc) is 2.76. The number of rotatable bonds is 7. The van der Waals surface area contributed by atoms with Gasteiger partial charge in [0.15, 0.2) is 0 Å². The molecule has 3 aromatic rings. The smallest absolute Gasteiger partial charge is 0.310 e. The Kier molecular flexibility index (Phi) is 8.09. The molecule has 4 nitrogen and oxygen atoms in total. The fourth-order valence-electron chi connectivity index (χ4n) is 3.94. The first kappa shape index (κ1) is 25.8. The summed E-state index contributed by atoms with van der Waals surface area (Å²) in [5.41, 5.74) is 6.55. The van der Waals surface area contributed by atoms with Gasteiger partial charge in [0.1, 0.15) is 23.7 Å². The molecule has 0 bridgehead atoms. The number of carbonyl (C=O) groups excluding carboxylic acids is 1. The molecule has 0 radical (unpaired) electrons. The van der Waals surface area contributed by atoms with Crippen LogP contribution in [-0.4, -0.2) is 18.7 Å². The highest BCUT2D eigenvalue weighted by molar-refractivity contribution is 9.10. The number of hydrogen-bond donors (Lipinski definition) is 0. The van der Waals surface area contributed by atoms with Crippen molar-refractivity contribution in [2.45, 2.75) is 60.2 Å². The lowest BCUT2D eigenvalue weighted by atomic mass is 9.88. The molecule has 0 amide bonds. The van der Waals surface area contributed by atoms with Gasteiger partial charge in [-0.1, -0.05) is 46.3 Å². The summed E-state index contributed by atoms with van der Waals surface area (Å²) in [5.74, 6) is 1.25. The van der Waals surface area contributed by atoms with E-state index in [-0.39, 0.29) is 18.0 Å². The lowest BCUT2D eigenvalue weighted by Crippen LogP contribution is -2.23. The molecule has 0 aromatic heterocycles. The van der Waals surface area contributed by atoms with Crippen molar-refractivity contribution in [3.8, 4) is 22.6 Å². The Bertz CT molecular complexity index is 1190. The second-order valence-electron chi connectivity index (χ2n) is 9.52. The molecule has 0 heterocycles. The van der Waals surface area contributed by atoms with Crippen LogP contribution in [0.25, 0.3) is 11.1 Å². The Labute approximate surface area is 211 Å². The van der Waals surface area contributed by atoms with E-state index in [9.17, 15) is 4.79 Å². The Morgan fingerprint density at radius 1 is 0.971 bits per heavy atom. The summed E-state index contributed by atoms with van der Waals surface area (Å²) in [6.45, 7) is 12.6. The number of benzene rings is 3. The topological polar surface area (TPSA) is 44.8 Å². The summed E-state index contributed by atoms with van der Waals surface area (Å²) in [4.78, 5) is 12.4. The molecule has 0 saturated carbocycles. The van der Waals surface area contributed by atoms with E-state index in [2.05, 4.69) is 34.1 Å². The molecule has 5 heteroatoms. The zero-order valence-corrected chi connectivity index (χ0v) is 22.6. The number of hydrogen-bond acceptors (Lipinski definition) is 4. The molecular formula is C29H33BrO4. The Morgan fingerprint density at radius 2 is 1.68 bits per heavy atom. The van der Waals surface area contributed by atoms with Crippen LogP contribution >= 0.6 is 15.9 Å². The summed E-state index contributed by atoms with van der Waals surface area (Å²) in [5, 5.41) is 0.